The molecule has 2 heterocycles. The fourth-order valence-corrected chi connectivity index (χ4v) is 4.23. The molecule has 1 fully saturated rings. The number of aliphatic carboxylic acids is 1. The number of likely N-dealkylation sites (tertiary alicyclic amines) is 1. The highest BCUT2D eigenvalue weighted by Gasteiger charge is 2.53. The van der Waals surface area contributed by atoms with Gasteiger partial charge in [0.2, 0.25) is 17.7 Å². The van der Waals surface area contributed by atoms with Gasteiger partial charge in [-0.3, -0.25) is 9.59 Å². The van der Waals surface area contributed by atoms with E-state index in [2.05, 4.69) is 15.0 Å². The molecule has 3 rings (SSSR count). The summed E-state index contributed by atoms with van der Waals surface area (Å²) in [5.74, 6) is -2.26. The minimum absolute atomic E-state index is 0.00299. The highest BCUT2D eigenvalue weighted by Crippen LogP contribution is 2.40. The minimum Gasteiger partial charge on any atom is -0.480 e. The molecule has 0 unspecified atom stereocenters. The molecule has 12 heteroatoms. The van der Waals surface area contributed by atoms with Crippen molar-refractivity contribution in [3.63, 3.8) is 0 Å². The topological polar surface area (TPSA) is 127 Å². The van der Waals surface area contributed by atoms with Crippen LogP contribution in [0.25, 0.3) is 0 Å². The van der Waals surface area contributed by atoms with E-state index in [1.165, 1.54) is 11.0 Å². The smallest absolute Gasteiger partial charge is 0.388 e. The second kappa shape index (κ2) is 12.7. The van der Waals surface area contributed by atoms with Gasteiger partial charge in [-0.1, -0.05) is 38.1 Å². The van der Waals surface area contributed by atoms with E-state index in [1.54, 1.807) is 19.1 Å². The summed E-state index contributed by atoms with van der Waals surface area (Å²) in [5, 5.41) is 11.3. The van der Waals surface area contributed by atoms with Crippen LogP contribution in [0.1, 0.15) is 36.6 Å². The van der Waals surface area contributed by atoms with Crippen LogP contribution in [0.4, 0.5) is 14.5 Å². The standard InChI is InChI=1S/C26H31F2N3O7/c1-16(2)18-6-4-5-7-19(18)26(14-31(15-26)21(32)12-36-10-11-37-13-22(33)34)24(35)30-20-9-8-17(3)29-23(20)38-25(27)28/h4-9,16,25H,10-15H2,1-3H3,(H,30,35)(H,33,34). The SMILES string of the molecule is Cc1ccc(NC(=O)C2(c3ccccc3C(C)C)CN(C(=O)COCCOCC(=O)O)C2)c(OC(F)F)n1. The van der Waals surface area contributed by atoms with Gasteiger partial charge in [-0.25, -0.2) is 9.78 Å². The number of aryl methyl sites for hydroxylation is 1. The van der Waals surface area contributed by atoms with E-state index in [-0.39, 0.29) is 50.4 Å². The molecule has 1 aromatic carbocycles. The van der Waals surface area contributed by atoms with E-state index in [4.69, 9.17) is 14.6 Å². The van der Waals surface area contributed by atoms with Crippen LogP contribution in [0.3, 0.4) is 0 Å². The number of carboxylic acids is 1. The number of hydrogen-bond acceptors (Lipinski definition) is 7. The molecule has 0 saturated carbocycles. The predicted octanol–water partition coefficient (Wildman–Crippen LogP) is 2.95. The van der Waals surface area contributed by atoms with Gasteiger partial charge < -0.3 is 29.5 Å². The fourth-order valence-electron chi connectivity index (χ4n) is 4.23. The lowest BCUT2D eigenvalue weighted by Gasteiger charge is -2.50. The van der Waals surface area contributed by atoms with Crippen molar-refractivity contribution in [3.8, 4) is 5.88 Å². The number of ether oxygens (including phenoxy) is 3. The molecule has 1 aromatic heterocycles. The second-order valence-corrected chi connectivity index (χ2v) is 9.21. The molecule has 2 N–H and O–H groups in total. The Morgan fingerprint density at radius 2 is 1.74 bits per heavy atom. The summed E-state index contributed by atoms with van der Waals surface area (Å²) in [4.78, 5) is 42.4. The molecule has 206 valence electrons. The number of pyridine rings is 1. The number of benzene rings is 1. The Morgan fingerprint density at radius 1 is 1.08 bits per heavy atom. The molecule has 38 heavy (non-hydrogen) atoms. The Bertz CT molecular complexity index is 1150. The Morgan fingerprint density at radius 3 is 2.37 bits per heavy atom. The van der Waals surface area contributed by atoms with Gasteiger partial charge in [0.15, 0.2) is 0 Å². The summed E-state index contributed by atoms with van der Waals surface area (Å²) in [5.41, 5.74) is 0.946. The number of carbonyl (C=O) groups is 3. The van der Waals surface area contributed by atoms with E-state index in [9.17, 15) is 23.2 Å². The van der Waals surface area contributed by atoms with Gasteiger partial charge in [0.25, 0.3) is 0 Å². The summed E-state index contributed by atoms with van der Waals surface area (Å²) in [7, 11) is 0. The molecule has 2 amide bonds. The van der Waals surface area contributed by atoms with Crippen LogP contribution in [-0.4, -0.2) is 78.9 Å². The first-order valence-electron chi connectivity index (χ1n) is 12.0. The number of rotatable bonds is 13. The molecule has 10 nitrogen and oxygen atoms in total. The van der Waals surface area contributed by atoms with Crippen LogP contribution in [0.2, 0.25) is 0 Å². The zero-order valence-corrected chi connectivity index (χ0v) is 21.4. The van der Waals surface area contributed by atoms with E-state index >= 15 is 0 Å². The van der Waals surface area contributed by atoms with Gasteiger partial charge in [-0.2, -0.15) is 8.78 Å². The first-order valence-corrected chi connectivity index (χ1v) is 12.0. The first kappa shape index (κ1) is 28.9. The van der Waals surface area contributed by atoms with Crippen molar-refractivity contribution in [1.82, 2.24) is 9.88 Å². The summed E-state index contributed by atoms with van der Waals surface area (Å²) in [6.45, 7) is 1.88. The lowest BCUT2D eigenvalue weighted by molar-refractivity contribution is -0.149. The zero-order chi connectivity index (χ0) is 27.9. The monoisotopic (exact) mass is 535 g/mol. The van der Waals surface area contributed by atoms with Crippen molar-refractivity contribution in [2.75, 3.05) is 44.8 Å². The van der Waals surface area contributed by atoms with Crippen molar-refractivity contribution in [3.05, 3.63) is 53.2 Å². The molecule has 0 radical (unpaired) electrons. The predicted molar refractivity (Wildman–Crippen MR) is 132 cm³/mol. The number of alkyl halides is 2. The molecule has 0 bridgehead atoms. The maximum Gasteiger partial charge on any atom is 0.388 e. The number of halogens is 2. The van der Waals surface area contributed by atoms with Crippen molar-refractivity contribution in [1.29, 1.82) is 0 Å². The minimum atomic E-state index is -3.12. The number of anilines is 1. The molecule has 1 aliphatic heterocycles. The van der Waals surface area contributed by atoms with Crippen LogP contribution in [-0.2, 0) is 29.3 Å². The van der Waals surface area contributed by atoms with Gasteiger partial charge in [0.05, 0.1) is 13.2 Å². The molecular weight excluding hydrogens is 504 g/mol. The lowest BCUT2D eigenvalue weighted by Crippen LogP contribution is -2.67. The maximum atomic E-state index is 13.8. The Hall–Kier alpha value is -3.64. The molecular formula is C26H31F2N3O7. The third-order valence-corrected chi connectivity index (χ3v) is 6.08. The van der Waals surface area contributed by atoms with Crippen LogP contribution in [0.15, 0.2) is 36.4 Å². The van der Waals surface area contributed by atoms with E-state index in [0.717, 1.165) is 11.1 Å². The number of hydrogen-bond donors (Lipinski definition) is 2. The Balaban J connectivity index is 1.78. The van der Waals surface area contributed by atoms with Crippen molar-refractivity contribution >= 4 is 23.5 Å². The summed E-state index contributed by atoms with van der Waals surface area (Å²) in [6, 6.07) is 10.4. The maximum absolute atomic E-state index is 13.8. The number of nitrogens with zero attached hydrogens (tertiary/aromatic N) is 2. The fraction of sp³-hybridized carbons (Fsp3) is 0.462. The highest BCUT2D eigenvalue weighted by molar-refractivity contribution is 6.02. The van der Waals surface area contributed by atoms with Gasteiger partial charge >= 0.3 is 12.6 Å². The summed E-state index contributed by atoms with van der Waals surface area (Å²) >= 11 is 0. The second-order valence-electron chi connectivity index (χ2n) is 9.21. The third kappa shape index (κ3) is 7.01. The van der Waals surface area contributed by atoms with Crippen LogP contribution in [0, 0.1) is 6.92 Å². The van der Waals surface area contributed by atoms with E-state index in [0.29, 0.717) is 5.69 Å². The largest absolute Gasteiger partial charge is 0.480 e. The number of carboxylic acid groups (broad SMARTS) is 1. The van der Waals surface area contributed by atoms with Crippen LogP contribution < -0.4 is 10.1 Å². The summed E-state index contributed by atoms with van der Waals surface area (Å²) in [6.07, 6.45) is 0. The van der Waals surface area contributed by atoms with Crippen molar-refractivity contribution < 1.29 is 42.5 Å². The Labute approximate surface area is 218 Å². The lowest BCUT2D eigenvalue weighted by atomic mass is 9.69. The molecule has 2 aromatic rings. The molecule has 0 aliphatic carbocycles. The first-order chi connectivity index (χ1) is 18.0. The number of aromatic nitrogens is 1. The average molecular weight is 536 g/mol. The zero-order valence-electron chi connectivity index (χ0n) is 21.4. The normalized spacial score (nSPS) is 14.3. The summed E-state index contributed by atoms with van der Waals surface area (Å²) < 4.78 is 40.6. The number of amides is 2. The van der Waals surface area contributed by atoms with E-state index < -0.39 is 36.4 Å². The van der Waals surface area contributed by atoms with Crippen molar-refractivity contribution in [2.45, 2.75) is 38.7 Å². The molecule has 1 saturated heterocycles. The van der Waals surface area contributed by atoms with Gasteiger partial charge in [0, 0.05) is 18.8 Å². The van der Waals surface area contributed by atoms with Gasteiger partial charge in [0.1, 0.15) is 24.3 Å². The molecule has 0 atom stereocenters. The highest BCUT2D eigenvalue weighted by atomic mass is 19.3. The van der Waals surface area contributed by atoms with E-state index in [1.807, 2.05) is 32.0 Å². The van der Waals surface area contributed by atoms with Gasteiger partial charge in [-0.15, -0.1) is 0 Å². The number of carbonyl (C=O) groups excluding carboxylic acids is 2. The molecule has 0 spiro atoms. The third-order valence-electron chi connectivity index (χ3n) is 6.08. The molecule has 1 aliphatic rings. The van der Waals surface area contributed by atoms with Crippen molar-refractivity contribution in [2.24, 2.45) is 0 Å². The quantitative estimate of drug-likeness (QED) is 0.375. The van der Waals surface area contributed by atoms with Crippen LogP contribution in [0.5, 0.6) is 5.88 Å². The van der Waals surface area contributed by atoms with Gasteiger partial charge in [-0.05, 0) is 36.1 Å². The number of nitrogens with one attached hydrogen (secondary N) is 1. The Kier molecular flexibility index (Phi) is 9.70. The average Bonchev–Trinajstić information content (AvgIpc) is 2.82. The van der Waals surface area contributed by atoms with Crippen LogP contribution >= 0.6 is 0 Å².